The molecule has 16 heteroatoms. The van der Waals surface area contributed by atoms with Crippen LogP contribution in [0, 0.1) is 5.92 Å². The number of ether oxygens (including phenoxy) is 3. The number of carbonyl (C=O) groups excluding carboxylic acids is 5. The van der Waals surface area contributed by atoms with Crippen molar-refractivity contribution in [2.75, 3.05) is 23.9 Å². The lowest BCUT2D eigenvalue weighted by Crippen LogP contribution is -2.53. The molecule has 61 heavy (non-hydrogen) atoms. The van der Waals surface area contributed by atoms with Gasteiger partial charge in [0.25, 0.3) is 14.2 Å². The zero-order valence-corrected chi connectivity index (χ0v) is 38.2. The van der Waals surface area contributed by atoms with E-state index in [9.17, 15) is 29.1 Å². The molecule has 0 unspecified atom stereocenters. The normalized spacial score (nSPS) is 17.4. The summed E-state index contributed by atoms with van der Waals surface area (Å²) in [5.41, 5.74) is 2.70. The first-order chi connectivity index (χ1) is 28.8. The van der Waals surface area contributed by atoms with Gasteiger partial charge in [0.1, 0.15) is 31.0 Å². The van der Waals surface area contributed by atoms with Crippen LogP contribution in [0.5, 0.6) is 11.5 Å². The molecule has 0 saturated carbocycles. The number of nitrogens with zero attached hydrogens (tertiary/aromatic N) is 2. The molecule has 0 saturated heterocycles. The third-order valence-electron chi connectivity index (χ3n) is 11.2. The third-order valence-corrected chi connectivity index (χ3v) is 17.2. The van der Waals surface area contributed by atoms with E-state index in [2.05, 4.69) is 64.1 Å². The van der Waals surface area contributed by atoms with Crippen LogP contribution in [0.2, 0.25) is 16.6 Å². The molecule has 2 aromatic rings. The van der Waals surface area contributed by atoms with Crippen molar-refractivity contribution in [3.63, 3.8) is 0 Å². The number of aliphatic hydroxyl groups is 1. The Morgan fingerprint density at radius 3 is 2.11 bits per heavy atom. The van der Waals surface area contributed by atoms with Gasteiger partial charge in [-0.1, -0.05) is 92.3 Å². The molecule has 2 aliphatic rings. The van der Waals surface area contributed by atoms with Crippen molar-refractivity contribution in [3.05, 3.63) is 84.1 Å². The minimum Gasteiger partial charge on any atom is -0.540 e. The summed E-state index contributed by atoms with van der Waals surface area (Å²) in [6, 6.07) is 7.04. The SMILES string of the molecule is C=CCOC(=O)N[C@H](C(=O)N[C@@H](C)C(=O)Nc1ccc(COC(=O)N2c3cc(O[Si](C(C)C)(C(C)C)C(C)C)c(OC)cc3C(=O)N3C=C(/C=C/C)C[C@H]3[C@@H]2O)cc1)C(C)C. The summed E-state index contributed by atoms with van der Waals surface area (Å²) in [6.07, 6.45) is 3.95. The number of allylic oxidation sites excluding steroid dienone is 2. The fraction of sp³-hybridized carbons (Fsp3) is 0.489. The van der Waals surface area contributed by atoms with Crippen LogP contribution < -0.4 is 30.0 Å². The van der Waals surface area contributed by atoms with Gasteiger partial charge in [-0.3, -0.25) is 14.4 Å². The molecule has 4 atom stereocenters. The Morgan fingerprint density at radius 2 is 1.56 bits per heavy atom. The summed E-state index contributed by atoms with van der Waals surface area (Å²) < 4.78 is 23.6. The van der Waals surface area contributed by atoms with E-state index in [0.29, 0.717) is 29.2 Å². The smallest absolute Gasteiger partial charge is 0.416 e. The molecule has 332 valence electrons. The molecular formula is C45H63N5O10Si. The molecule has 0 radical (unpaired) electrons. The number of benzene rings is 2. The molecule has 2 aliphatic heterocycles. The zero-order valence-electron chi connectivity index (χ0n) is 37.2. The molecule has 2 aromatic carbocycles. The first-order valence-corrected chi connectivity index (χ1v) is 22.9. The molecule has 5 amide bonds. The number of hydrogen-bond acceptors (Lipinski definition) is 10. The Labute approximate surface area is 360 Å². The lowest BCUT2D eigenvalue weighted by Gasteiger charge is -2.42. The third kappa shape index (κ3) is 10.8. The van der Waals surface area contributed by atoms with E-state index < -0.39 is 62.6 Å². The average Bonchev–Trinajstić information content (AvgIpc) is 3.61. The van der Waals surface area contributed by atoms with Crippen LogP contribution >= 0.6 is 0 Å². The summed E-state index contributed by atoms with van der Waals surface area (Å²) >= 11 is 0. The van der Waals surface area contributed by atoms with Crippen molar-refractivity contribution in [2.45, 2.75) is 123 Å². The maximum Gasteiger partial charge on any atom is 0.416 e. The summed E-state index contributed by atoms with van der Waals surface area (Å²) in [6.45, 7) is 23.1. The number of fused-ring (bicyclic) bond motifs is 2. The van der Waals surface area contributed by atoms with Crippen LogP contribution in [0.1, 0.15) is 91.6 Å². The summed E-state index contributed by atoms with van der Waals surface area (Å²) in [7, 11) is -1.05. The van der Waals surface area contributed by atoms with Crippen molar-refractivity contribution in [1.82, 2.24) is 15.5 Å². The zero-order chi connectivity index (χ0) is 45.3. The highest BCUT2D eigenvalue weighted by Gasteiger charge is 2.49. The van der Waals surface area contributed by atoms with Gasteiger partial charge in [0, 0.05) is 18.0 Å². The monoisotopic (exact) mass is 861 g/mol. The lowest BCUT2D eigenvalue weighted by atomic mass is 10.0. The minimum absolute atomic E-state index is 0.0179. The number of alkyl carbamates (subject to hydrolysis) is 1. The fourth-order valence-corrected chi connectivity index (χ4v) is 13.4. The fourth-order valence-electron chi connectivity index (χ4n) is 8.17. The molecule has 0 fully saturated rings. The van der Waals surface area contributed by atoms with Crippen molar-refractivity contribution < 1.29 is 47.7 Å². The number of carbonyl (C=O) groups is 5. The van der Waals surface area contributed by atoms with Crippen molar-refractivity contribution in [2.24, 2.45) is 5.92 Å². The highest BCUT2D eigenvalue weighted by molar-refractivity contribution is 6.78. The number of hydrogen-bond donors (Lipinski definition) is 4. The van der Waals surface area contributed by atoms with Crippen LogP contribution in [-0.2, 0) is 25.7 Å². The molecule has 2 heterocycles. The molecule has 0 spiro atoms. The number of rotatable bonds is 17. The van der Waals surface area contributed by atoms with E-state index in [1.165, 1.54) is 25.0 Å². The predicted octanol–water partition coefficient (Wildman–Crippen LogP) is 7.78. The Balaban J connectivity index is 1.56. The van der Waals surface area contributed by atoms with Gasteiger partial charge in [-0.25, -0.2) is 14.5 Å². The Morgan fingerprint density at radius 1 is 0.918 bits per heavy atom. The van der Waals surface area contributed by atoms with E-state index in [0.717, 1.165) is 10.5 Å². The minimum atomic E-state index is -2.56. The van der Waals surface area contributed by atoms with Gasteiger partial charge in [0.2, 0.25) is 11.8 Å². The summed E-state index contributed by atoms with van der Waals surface area (Å²) in [5, 5.41) is 19.9. The molecule has 4 N–H and O–H groups in total. The Hall–Kier alpha value is -5.61. The number of nitrogens with one attached hydrogen (secondary N) is 3. The molecule has 0 bridgehead atoms. The second-order valence-electron chi connectivity index (χ2n) is 16.6. The van der Waals surface area contributed by atoms with Gasteiger partial charge < -0.3 is 44.6 Å². The Bertz CT molecular complexity index is 1970. The standard InChI is InChI=1S/C45H63N5O10Si/c1-13-15-32-21-36-43(54)50(35-23-38(60-61(27(5)6,28(7)8)29(9)10)37(57-12)22-34(35)42(53)49(36)24-32)45(56)59-25-31-16-18-33(19-17-31)47-40(51)30(11)46-41(52)39(26(3)4)48-44(55)58-20-14-2/h13-19,22-24,26-30,36,39,43,54H,2,20-21,25H2,1,3-12H3,(H,46,52)(H,47,51)(H,48,55)/b15-13+/t30-,36-,39-,43-/m0/s1. The van der Waals surface area contributed by atoms with Crippen LogP contribution in [0.4, 0.5) is 21.0 Å². The van der Waals surface area contributed by atoms with Crippen LogP contribution in [-0.4, -0.2) is 86.3 Å². The van der Waals surface area contributed by atoms with Gasteiger partial charge in [-0.2, -0.15) is 0 Å². The van der Waals surface area contributed by atoms with E-state index in [-0.39, 0.29) is 47.0 Å². The molecule has 4 rings (SSSR count). The second kappa shape index (κ2) is 20.8. The maximum absolute atomic E-state index is 14.3. The maximum atomic E-state index is 14.3. The van der Waals surface area contributed by atoms with E-state index in [4.69, 9.17) is 18.6 Å². The lowest BCUT2D eigenvalue weighted by molar-refractivity contribution is -0.128. The van der Waals surface area contributed by atoms with Crippen molar-refractivity contribution in [1.29, 1.82) is 0 Å². The molecule has 0 aromatic heterocycles. The molecule has 0 aliphatic carbocycles. The summed E-state index contributed by atoms with van der Waals surface area (Å²) in [5.74, 6) is -1.05. The van der Waals surface area contributed by atoms with E-state index >= 15 is 0 Å². The molecule has 15 nitrogen and oxygen atoms in total. The van der Waals surface area contributed by atoms with Gasteiger partial charge in [-0.15, -0.1) is 0 Å². The van der Waals surface area contributed by atoms with Crippen LogP contribution in [0.3, 0.4) is 0 Å². The van der Waals surface area contributed by atoms with Crippen molar-refractivity contribution >= 4 is 49.6 Å². The predicted molar refractivity (Wildman–Crippen MR) is 237 cm³/mol. The topological polar surface area (TPSA) is 185 Å². The van der Waals surface area contributed by atoms with Crippen LogP contribution in [0.15, 0.2) is 73.0 Å². The highest BCUT2D eigenvalue weighted by Crippen LogP contribution is 2.48. The first kappa shape index (κ1) is 48.1. The number of amides is 5. The van der Waals surface area contributed by atoms with Gasteiger partial charge >= 0.3 is 12.2 Å². The van der Waals surface area contributed by atoms with Crippen molar-refractivity contribution in [3.8, 4) is 11.5 Å². The highest BCUT2D eigenvalue weighted by atomic mass is 28.4. The first-order valence-electron chi connectivity index (χ1n) is 20.8. The van der Waals surface area contributed by atoms with Gasteiger partial charge in [0.05, 0.1) is 24.4 Å². The van der Waals surface area contributed by atoms with E-state index in [1.54, 1.807) is 56.4 Å². The number of methoxy groups -OCH3 is 1. The Kier molecular flexibility index (Phi) is 16.4. The quantitative estimate of drug-likeness (QED) is 0.0905. The van der Waals surface area contributed by atoms with Gasteiger partial charge in [-0.05, 0) is 72.1 Å². The second-order valence-corrected chi connectivity index (χ2v) is 22.0. The van der Waals surface area contributed by atoms with Gasteiger partial charge in [0.15, 0.2) is 12.0 Å². The number of anilines is 2. The number of aliphatic hydroxyl groups excluding tert-OH is 1. The summed E-state index contributed by atoms with van der Waals surface area (Å²) in [4.78, 5) is 69.2. The average molecular weight is 862 g/mol. The van der Waals surface area contributed by atoms with E-state index in [1.807, 2.05) is 19.1 Å². The van der Waals surface area contributed by atoms with Crippen LogP contribution in [0.25, 0.3) is 0 Å². The largest absolute Gasteiger partial charge is 0.540 e. The molecular weight excluding hydrogens is 799 g/mol.